The van der Waals surface area contributed by atoms with E-state index in [-0.39, 0.29) is 0 Å². The molecule has 1 nitrogen and oxygen atoms in total. The Labute approximate surface area is 87.6 Å². The summed E-state index contributed by atoms with van der Waals surface area (Å²) in [6.07, 6.45) is 13.4. The van der Waals surface area contributed by atoms with Gasteiger partial charge < -0.3 is 5.32 Å². The molecule has 0 saturated carbocycles. The van der Waals surface area contributed by atoms with E-state index >= 15 is 0 Å². The molecule has 14 heavy (non-hydrogen) atoms. The third kappa shape index (κ3) is 1.85. The summed E-state index contributed by atoms with van der Waals surface area (Å²) in [5, 5.41) is 3.43. The third-order valence-corrected chi connectivity index (χ3v) is 7.61. The summed E-state index contributed by atoms with van der Waals surface area (Å²) >= 11 is 0. The molecule has 0 aromatic rings. The summed E-state index contributed by atoms with van der Waals surface area (Å²) in [5.41, 5.74) is 2.29. The first kappa shape index (κ1) is 9.78. The van der Waals surface area contributed by atoms with E-state index in [9.17, 15) is 0 Å². The zero-order valence-corrected chi connectivity index (χ0v) is 10.1. The highest BCUT2D eigenvalue weighted by atomic mass is 28.3. The maximum Gasteiger partial charge on any atom is 0.0570 e. The Kier molecular flexibility index (Phi) is 2.64. The molecule has 0 radical (unpaired) electrons. The molecule has 76 valence electrons. The Balaban J connectivity index is 2.18. The van der Waals surface area contributed by atoms with Gasteiger partial charge in [0.1, 0.15) is 0 Å². The van der Waals surface area contributed by atoms with Gasteiger partial charge in [-0.05, 0) is 24.1 Å². The van der Waals surface area contributed by atoms with Crippen molar-refractivity contribution in [3.8, 4) is 0 Å². The fraction of sp³-hybridized carbons (Fsp3) is 0.500. The van der Waals surface area contributed by atoms with E-state index in [2.05, 4.69) is 48.9 Å². The van der Waals surface area contributed by atoms with Crippen molar-refractivity contribution in [2.24, 2.45) is 0 Å². The smallest absolute Gasteiger partial charge is 0.0570 e. The molecule has 1 N–H and O–H groups in total. The fourth-order valence-electron chi connectivity index (χ4n) is 2.59. The van der Waals surface area contributed by atoms with Crippen LogP contribution in [0.25, 0.3) is 0 Å². The number of hydrogen-bond acceptors (Lipinski definition) is 1. The van der Waals surface area contributed by atoms with Crippen LogP contribution in [0.2, 0.25) is 24.7 Å². The molecule has 1 atom stereocenters. The molecule has 2 rings (SSSR count). The second-order valence-electron chi connectivity index (χ2n) is 4.94. The standard InChI is InChI=1S/C12H19NSi/c1-14(2)10-6-8-12(14)11-7-4-3-5-9-13-11/h3-5,7,9,12-13H,6,8,10H2,1-2H3. The van der Waals surface area contributed by atoms with E-state index in [1.807, 2.05) is 0 Å². The molecule has 0 aromatic carbocycles. The summed E-state index contributed by atoms with van der Waals surface area (Å²) < 4.78 is 0. The molecule has 0 aromatic heterocycles. The Morgan fingerprint density at radius 1 is 1.29 bits per heavy atom. The summed E-state index contributed by atoms with van der Waals surface area (Å²) in [7, 11) is -0.978. The minimum absolute atomic E-state index is 0.842. The number of nitrogens with one attached hydrogen (secondary N) is 1. The van der Waals surface area contributed by atoms with Gasteiger partial charge in [-0.3, -0.25) is 0 Å². The summed E-state index contributed by atoms with van der Waals surface area (Å²) in [6, 6.07) is 1.49. The molecular formula is C12H19NSi. The Morgan fingerprint density at radius 3 is 2.86 bits per heavy atom. The zero-order valence-electron chi connectivity index (χ0n) is 9.09. The number of allylic oxidation sites excluding steroid dienone is 5. The van der Waals surface area contributed by atoms with Gasteiger partial charge >= 0.3 is 0 Å². The van der Waals surface area contributed by atoms with Crippen molar-refractivity contribution < 1.29 is 0 Å². The molecule has 2 aliphatic rings. The molecule has 0 amide bonds. The highest BCUT2D eigenvalue weighted by Crippen LogP contribution is 2.43. The fourth-order valence-corrected chi connectivity index (χ4v) is 6.06. The van der Waals surface area contributed by atoms with Gasteiger partial charge in [-0.2, -0.15) is 0 Å². The topological polar surface area (TPSA) is 12.0 Å². The van der Waals surface area contributed by atoms with Crippen LogP contribution in [-0.4, -0.2) is 8.07 Å². The SMILES string of the molecule is C[Si]1(C)CCCC1C1=CC=CC=CN1. The molecule has 1 saturated heterocycles. The highest BCUT2D eigenvalue weighted by Gasteiger charge is 2.38. The molecule has 2 heteroatoms. The van der Waals surface area contributed by atoms with Gasteiger partial charge in [0.2, 0.25) is 0 Å². The van der Waals surface area contributed by atoms with E-state index in [1.165, 1.54) is 24.6 Å². The van der Waals surface area contributed by atoms with Crippen LogP contribution < -0.4 is 5.32 Å². The van der Waals surface area contributed by atoms with Crippen molar-refractivity contribution in [2.45, 2.75) is 37.5 Å². The third-order valence-electron chi connectivity index (χ3n) is 3.48. The second-order valence-corrected chi connectivity index (χ2v) is 10.1. The Bertz CT molecular complexity index is 299. The average Bonchev–Trinajstić information content (AvgIpc) is 2.41. The first-order valence-corrected chi connectivity index (χ1v) is 8.78. The van der Waals surface area contributed by atoms with Crippen LogP contribution in [0.3, 0.4) is 0 Å². The zero-order chi connectivity index (χ0) is 10.0. The molecule has 1 unspecified atom stereocenters. The molecule has 2 aliphatic heterocycles. The van der Waals surface area contributed by atoms with Gasteiger partial charge in [-0.25, -0.2) is 0 Å². The summed E-state index contributed by atoms with van der Waals surface area (Å²) in [6.45, 7) is 5.04. The molecule has 0 bridgehead atoms. The molecule has 0 spiro atoms. The lowest BCUT2D eigenvalue weighted by molar-refractivity contribution is 0.792. The van der Waals surface area contributed by atoms with Gasteiger partial charge in [-0.1, -0.05) is 37.7 Å². The number of hydrogen-bond donors (Lipinski definition) is 1. The van der Waals surface area contributed by atoms with Crippen LogP contribution in [-0.2, 0) is 0 Å². The van der Waals surface area contributed by atoms with Crippen LogP contribution in [0.1, 0.15) is 12.8 Å². The lowest BCUT2D eigenvalue weighted by Gasteiger charge is -2.27. The first-order valence-electron chi connectivity index (χ1n) is 5.50. The molecule has 1 fully saturated rings. The lowest BCUT2D eigenvalue weighted by Crippen LogP contribution is -2.30. The monoisotopic (exact) mass is 205 g/mol. The van der Waals surface area contributed by atoms with Gasteiger partial charge in [0.05, 0.1) is 8.07 Å². The van der Waals surface area contributed by atoms with Crippen LogP contribution in [0, 0.1) is 0 Å². The molecule has 0 aliphatic carbocycles. The minimum Gasteiger partial charge on any atom is -0.365 e. The van der Waals surface area contributed by atoms with E-state index in [0.717, 1.165) is 5.54 Å². The van der Waals surface area contributed by atoms with Crippen LogP contribution >= 0.6 is 0 Å². The first-order chi connectivity index (χ1) is 6.70. The van der Waals surface area contributed by atoms with E-state index < -0.39 is 8.07 Å². The quantitative estimate of drug-likeness (QED) is 0.647. The Morgan fingerprint density at radius 2 is 2.14 bits per heavy atom. The molecular weight excluding hydrogens is 186 g/mol. The maximum atomic E-state index is 3.43. The van der Waals surface area contributed by atoms with E-state index in [1.54, 1.807) is 0 Å². The van der Waals surface area contributed by atoms with Crippen LogP contribution in [0.15, 0.2) is 36.2 Å². The predicted molar refractivity (Wildman–Crippen MR) is 64.8 cm³/mol. The largest absolute Gasteiger partial charge is 0.365 e. The van der Waals surface area contributed by atoms with E-state index in [0.29, 0.717) is 0 Å². The van der Waals surface area contributed by atoms with Crippen LogP contribution in [0.5, 0.6) is 0 Å². The van der Waals surface area contributed by atoms with Crippen molar-refractivity contribution in [2.75, 3.05) is 0 Å². The van der Waals surface area contributed by atoms with Crippen molar-refractivity contribution in [1.29, 1.82) is 0 Å². The van der Waals surface area contributed by atoms with Gasteiger partial charge in [0.25, 0.3) is 0 Å². The average molecular weight is 205 g/mol. The highest BCUT2D eigenvalue weighted by molar-refractivity contribution is 6.80. The van der Waals surface area contributed by atoms with Crippen molar-refractivity contribution >= 4 is 8.07 Å². The Hall–Kier alpha value is -0.763. The van der Waals surface area contributed by atoms with Crippen LogP contribution in [0.4, 0.5) is 0 Å². The number of rotatable bonds is 1. The van der Waals surface area contributed by atoms with Crippen molar-refractivity contribution in [3.63, 3.8) is 0 Å². The maximum absolute atomic E-state index is 3.43. The van der Waals surface area contributed by atoms with Crippen molar-refractivity contribution in [3.05, 3.63) is 36.2 Å². The van der Waals surface area contributed by atoms with Gasteiger partial charge in [0, 0.05) is 11.9 Å². The molecule has 2 heterocycles. The van der Waals surface area contributed by atoms with Gasteiger partial charge in [-0.15, -0.1) is 0 Å². The minimum atomic E-state index is -0.978. The normalized spacial score (nSPS) is 29.6. The summed E-state index contributed by atoms with van der Waals surface area (Å²) in [4.78, 5) is 0. The predicted octanol–water partition coefficient (Wildman–Crippen LogP) is 3.42. The lowest BCUT2D eigenvalue weighted by atomic mass is 10.2. The van der Waals surface area contributed by atoms with E-state index in [4.69, 9.17) is 0 Å². The summed E-state index contributed by atoms with van der Waals surface area (Å²) in [5.74, 6) is 0. The van der Waals surface area contributed by atoms with Crippen molar-refractivity contribution in [1.82, 2.24) is 5.32 Å². The van der Waals surface area contributed by atoms with Gasteiger partial charge in [0.15, 0.2) is 0 Å². The second kappa shape index (κ2) is 3.77.